The first-order valence-corrected chi connectivity index (χ1v) is 11.4. The second-order valence-electron chi connectivity index (χ2n) is 6.48. The molecular formula is C23H19IN2O5S. The monoisotopic (exact) mass is 562 g/mol. The van der Waals surface area contributed by atoms with Gasteiger partial charge in [0.2, 0.25) is 0 Å². The van der Waals surface area contributed by atoms with Crippen molar-refractivity contribution in [1.29, 1.82) is 0 Å². The van der Waals surface area contributed by atoms with Gasteiger partial charge < -0.3 is 14.6 Å². The van der Waals surface area contributed by atoms with Gasteiger partial charge in [-0.05, 0) is 89.3 Å². The second kappa shape index (κ2) is 10.6. The first-order valence-electron chi connectivity index (χ1n) is 9.46. The molecule has 1 aliphatic heterocycles. The molecule has 0 radical (unpaired) electrons. The maximum atomic E-state index is 12.8. The number of nitrogens with zero attached hydrogens (tertiary/aromatic N) is 2. The average Bonchev–Trinajstić information content (AvgIpc) is 3.01. The van der Waals surface area contributed by atoms with Crippen LogP contribution in [-0.4, -0.2) is 47.3 Å². The Morgan fingerprint density at radius 2 is 2.03 bits per heavy atom. The van der Waals surface area contributed by atoms with Crippen LogP contribution in [0.3, 0.4) is 0 Å². The third kappa shape index (κ3) is 5.44. The van der Waals surface area contributed by atoms with Gasteiger partial charge >= 0.3 is 5.97 Å². The van der Waals surface area contributed by atoms with E-state index in [2.05, 4.69) is 33.5 Å². The molecule has 0 spiro atoms. The molecule has 0 unspecified atom stereocenters. The van der Waals surface area contributed by atoms with Crippen LogP contribution in [0.4, 0.5) is 5.69 Å². The van der Waals surface area contributed by atoms with Crippen LogP contribution in [0.25, 0.3) is 6.08 Å². The largest absolute Gasteiger partial charge is 0.490 e. The Bertz CT molecular complexity index is 1150. The van der Waals surface area contributed by atoms with Crippen LogP contribution in [0.15, 0.2) is 46.3 Å². The molecular weight excluding hydrogens is 543 g/mol. The molecule has 3 rings (SSSR count). The zero-order valence-electron chi connectivity index (χ0n) is 17.3. The quantitative estimate of drug-likeness (QED) is 0.301. The van der Waals surface area contributed by atoms with Gasteiger partial charge in [0.25, 0.3) is 5.91 Å². The SMILES string of the molecule is C#CCOc1c(I)cc(C=C2SC(=Nc3ccc(C(=O)O)cc3)N(C)C2=O)cc1OCC. The molecule has 2 aromatic rings. The van der Waals surface area contributed by atoms with E-state index in [9.17, 15) is 9.59 Å². The first kappa shape index (κ1) is 23.7. The summed E-state index contributed by atoms with van der Waals surface area (Å²) in [6.07, 6.45) is 7.07. The Hall–Kier alpha value is -2.97. The molecule has 0 saturated carbocycles. The van der Waals surface area contributed by atoms with E-state index in [1.807, 2.05) is 13.0 Å². The highest BCUT2D eigenvalue weighted by molar-refractivity contribution is 14.1. The molecule has 1 amide bonds. The molecule has 0 aliphatic carbocycles. The molecule has 1 saturated heterocycles. The molecule has 0 bridgehead atoms. The van der Waals surface area contributed by atoms with E-state index in [0.29, 0.717) is 33.9 Å². The number of carbonyl (C=O) groups is 2. The van der Waals surface area contributed by atoms with Crippen molar-refractivity contribution in [2.75, 3.05) is 20.3 Å². The van der Waals surface area contributed by atoms with E-state index >= 15 is 0 Å². The second-order valence-corrected chi connectivity index (χ2v) is 8.65. The first-order chi connectivity index (χ1) is 15.3. The Kier molecular flexibility index (Phi) is 7.82. The van der Waals surface area contributed by atoms with Crippen LogP contribution in [-0.2, 0) is 4.79 Å². The minimum absolute atomic E-state index is 0.128. The van der Waals surface area contributed by atoms with E-state index in [1.54, 1.807) is 31.3 Å². The van der Waals surface area contributed by atoms with Crippen molar-refractivity contribution >= 4 is 63.2 Å². The van der Waals surface area contributed by atoms with E-state index in [-0.39, 0.29) is 18.1 Å². The summed E-state index contributed by atoms with van der Waals surface area (Å²) in [4.78, 5) is 30.2. The number of aromatic carboxylic acids is 1. The van der Waals surface area contributed by atoms with Crippen molar-refractivity contribution in [2.24, 2.45) is 4.99 Å². The summed E-state index contributed by atoms with van der Waals surface area (Å²) in [5.74, 6) is 2.38. The topological polar surface area (TPSA) is 88.4 Å². The Balaban J connectivity index is 1.89. The maximum Gasteiger partial charge on any atom is 0.335 e. The van der Waals surface area contributed by atoms with Crippen LogP contribution in [0, 0.1) is 15.9 Å². The summed E-state index contributed by atoms with van der Waals surface area (Å²) in [5.41, 5.74) is 1.51. The summed E-state index contributed by atoms with van der Waals surface area (Å²) < 4.78 is 12.1. The van der Waals surface area contributed by atoms with Gasteiger partial charge in [-0.15, -0.1) is 6.42 Å². The van der Waals surface area contributed by atoms with Gasteiger partial charge in [0.15, 0.2) is 16.7 Å². The number of ether oxygens (including phenoxy) is 2. The number of halogens is 1. The van der Waals surface area contributed by atoms with Crippen LogP contribution < -0.4 is 9.47 Å². The molecule has 1 aliphatic rings. The van der Waals surface area contributed by atoms with E-state index in [0.717, 1.165) is 9.13 Å². The number of rotatable bonds is 7. The van der Waals surface area contributed by atoms with E-state index < -0.39 is 5.97 Å². The molecule has 164 valence electrons. The number of carbonyl (C=O) groups excluding carboxylic acids is 1. The zero-order valence-corrected chi connectivity index (χ0v) is 20.3. The number of hydrogen-bond donors (Lipinski definition) is 1. The van der Waals surface area contributed by atoms with Gasteiger partial charge in [0.1, 0.15) is 6.61 Å². The standard InChI is InChI=1S/C23H19IN2O5S/c1-4-10-31-20-17(24)11-14(12-18(20)30-5-2)13-19-21(27)26(3)23(32-19)25-16-8-6-15(7-9-16)22(28)29/h1,6-9,11-13H,5,10H2,2-3H3,(H,28,29). The highest BCUT2D eigenvalue weighted by Crippen LogP contribution is 2.37. The van der Waals surface area contributed by atoms with Crippen molar-refractivity contribution in [2.45, 2.75) is 6.92 Å². The number of carboxylic acid groups (broad SMARTS) is 1. The van der Waals surface area contributed by atoms with Gasteiger partial charge in [0.05, 0.1) is 26.3 Å². The van der Waals surface area contributed by atoms with Crippen molar-refractivity contribution in [3.8, 4) is 23.8 Å². The minimum atomic E-state index is -1.01. The fourth-order valence-electron chi connectivity index (χ4n) is 2.78. The lowest BCUT2D eigenvalue weighted by Crippen LogP contribution is -2.23. The molecule has 1 fully saturated rings. The summed E-state index contributed by atoms with van der Waals surface area (Å²) in [6.45, 7) is 2.46. The predicted octanol–water partition coefficient (Wildman–Crippen LogP) is 4.63. The van der Waals surface area contributed by atoms with Crippen LogP contribution >= 0.6 is 34.4 Å². The van der Waals surface area contributed by atoms with Gasteiger partial charge in [-0.1, -0.05) is 5.92 Å². The fraction of sp³-hybridized carbons (Fsp3) is 0.174. The van der Waals surface area contributed by atoms with Crippen LogP contribution in [0.2, 0.25) is 0 Å². The normalized spacial score (nSPS) is 15.8. The van der Waals surface area contributed by atoms with Crippen molar-refractivity contribution in [3.63, 3.8) is 0 Å². The highest BCUT2D eigenvalue weighted by atomic mass is 127. The number of benzene rings is 2. The summed E-state index contributed by atoms with van der Waals surface area (Å²) in [6, 6.07) is 9.83. The van der Waals surface area contributed by atoms with Crippen molar-refractivity contribution < 1.29 is 24.2 Å². The van der Waals surface area contributed by atoms with E-state index in [1.165, 1.54) is 28.8 Å². The van der Waals surface area contributed by atoms with Crippen molar-refractivity contribution in [1.82, 2.24) is 4.90 Å². The number of amides is 1. The van der Waals surface area contributed by atoms with E-state index in [4.69, 9.17) is 21.0 Å². The number of likely N-dealkylation sites (N-methyl/N-ethyl adjacent to an activating group) is 1. The Morgan fingerprint density at radius 3 is 2.66 bits per heavy atom. The lowest BCUT2D eigenvalue weighted by molar-refractivity contribution is -0.121. The number of thioether (sulfide) groups is 1. The zero-order chi connectivity index (χ0) is 23.3. The molecule has 1 heterocycles. The number of hydrogen-bond acceptors (Lipinski definition) is 6. The lowest BCUT2D eigenvalue weighted by Gasteiger charge is -2.13. The van der Waals surface area contributed by atoms with Gasteiger partial charge in [-0.25, -0.2) is 9.79 Å². The number of amidine groups is 1. The Labute approximate surface area is 203 Å². The summed E-state index contributed by atoms with van der Waals surface area (Å²) >= 11 is 3.38. The fourth-order valence-corrected chi connectivity index (χ4v) is 4.55. The molecule has 0 atom stereocenters. The van der Waals surface area contributed by atoms with Crippen molar-refractivity contribution in [3.05, 3.63) is 56.0 Å². The Morgan fingerprint density at radius 1 is 1.31 bits per heavy atom. The van der Waals surface area contributed by atoms with Gasteiger partial charge in [0, 0.05) is 7.05 Å². The predicted molar refractivity (Wildman–Crippen MR) is 133 cm³/mol. The smallest absolute Gasteiger partial charge is 0.335 e. The number of aliphatic imine (C=N–C) groups is 1. The highest BCUT2D eigenvalue weighted by Gasteiger charge is 2.30. The average molecular weight is 562 g/mol. The number of terminal acetylenes is 1. The lowest BCUT2D eigenvalue weighted by atomic mass is 10.2. The summed E-state index contributed by atoms with van der Waals surface area (Å²) in [5, 5.41) is 9.52. The molecule has 0 aromatic heterocycles. The molecule has 7 nitrogen and oxygen atoms in total. The third-order valence-electron chi connectivity index (χ3n) is 4.27. The van der Waals surface area contributed by atoms with Gasteiger partial charge in [-0.2, -0.15) is 0 Å². The number of carboxylic acids is 1. The van der Waals surface area contributed by atoms with Crippen LogP contribution in [0.5, 0.6) is 11.5 Å². The molecule has 9 heteroatoms. The molecule has 32 heavy (non-hydrogen) atoms. The maximum absolute atomic E-state index is 12.8. The third-order valence-corrected chi connectivity index (χ3v) is 6.13. The molecule has 1 N–H and O–H groups in total. The minimum Gasteiger partial charge on any atom is -0.490 e. The van der Waals surface area contributed by atoms with Crippen LogP contribution in [0.1, 0.15) is 22.8 Å². The van der Waals surface area contributed by atoms with Gasteiger partial charge in [-0.3, -0.25) is 9.69 Å². The molecule has 2 aromatic carbocycles. The summed E-state index contributed by atoms with van der Waals surface area (Å²) in [7, 11) is 1.65.